The van der Waals surface area contributed by atoms with Crippen LogP contribution >= 0.6 is 11.3 Å². The van der Waals surface area contributed by atoms with Crippen LogP contribution in [-0.2, 0) is 22.6 Å². The van der Waals surface area contributed by atoms with E-state index in [-0.39, 0.29) is 17.9 Å². The number of nitrogens with one attached hydrogen (secondary N) is 1. The summed E-state index contributed by atoms with van der Waals surface area (Å²) in [6, 6.07) is 7.76. The number of nitrogens with zero attached hydrogens (tertiary/aromatic N) is 3. The number of carbonyl (C=O) groups excluding carboxylic acids is 1. The molecule has 1 amide bonds. The number of morpholine rings is 1. The Bertz CT molecular complexity index is 1170. The number of benzene rings is 1. The summed E-state index contributed by atoms with van der Waals surface area (Å²) in [5, 5.41) is 3.58. The first-order valence-electron chi connectivity index (χ1n) is 11.2. The van der Waals surface area contributed by atoms with Gasteiger partial charge in [0.1, 0.15) is 17.2 Å². The molecule has 8 nitrogen and oxygen atoms in total. The van der Waals surface area contributed by atoms with Crippen LogP contribution in [0.15, 0.2) is 35.4 Å². The third-order valence-corrected chi connectivity index (χ3v) is 7.02. The normalized spacial score (nSPS) is 14.5. The average molecular weight is 471 g/mol. The second-order valence-electron chi connectivity index (χ2n) is 8.18. The number of aromatic nitrogens is 2. The van der Waals surface area contributed by atoms with Crippen molar-refractivity contribution in [2.24, 2.45) is 0 Å². The number of rotatable bonds is 9. The summed E-state index contributed by atoms with van der Waals surface area (Å²) in [4.78, 5) is 33.7. The van der Waals surface area contributed by atoms with Crippen LogP contribution in [0.25, 0.3) is 10.2 Å². The summed E-state index contributed by atoms with van der Waals surface area (Å²) in [6.45, 7) is 9.57. The largest absolute Gasteiger partial charge is 0.492 e. The van der Waals surface area contributed by atoms with Gasteiger partial charge in [0, 0.05) is 44.0 Å². The highest BCUT2D eigenvalue weighted by Crippen LogP contribution is 2.25. The predicted octanol–water partition coefficient (Wildman–Crippen LogP) is 2.49. The smallest absolute Gasteiger partial charge is 0.262 e. The van der Waals surface area contributed by atoms with Gasteiger partial charge in [0.25, 0.3) is 5.56 Å². The number of carbonyl (C=O) groups is 1. The monoisotopic (exact) mass is 470 g/mol. The van der Waals surface area contributed by atoms with E-state index in [1.165, 1.54) is 22.2 Å². The molecule has 33 heavy (non-hydrogen) atoms. The lowest BCUT2D eigenvalue weighted by molar-refractivity contribution is -0.121. The van der Waals surface area contributed by atoms with Crippen LogP contribution in [0.5, 0.6) is 5.75 Å². The third-order valence-electron chi connectivity index (χ3n) is 5.90. The highest BCUT2D eigenvalue weighted by Gasteiger charge is 2.13. The Morgan fingerprint density at radius 2 is 2.06 bits per heavy atom. The van der Waals surface area contributed by atoms with Gasteiger partial charge in [-0.15, -0.1) is 11.3 Å². The Kier molecular flexibility index (Phi) is 7.74. The standard InChI is InChI=1S/C24H30N4O4S/c1-17-18(2)33-23-22(17)24(30)28(16-26-23)7-6-21(29)25-15-19-4-3-5-20(14-19)32-13-10-27-8-11-31-12-9-27/h3-5,14,16H,6-13,15H2,1-2H3,(H,25,29). The minimum Gasteiger partial charge on any atom is -0.492 e. The van der Waals surface area contributed by atoms with Crippen LogP contribution in [0.1, 0.15) is 22.4 Å². The third kappa shape index (κ3) is 5.98. The number of amides is 1. The molecule has 0 saturated carbocycles. The maximum absolute atomic E-state index is 12.8. The van der Waals surface area contributed by atoms with Gasteiger partial charge >= 0.3 is 0 Å². The van der Waals surface area contributed by atoms with Crippen molar-refractivity contribution in [2.45, 2.75) is 33.4 Å². The van der Waals surface area contributed by atoms with E-state index in [0.717, 1.165) is 59.4 Å². The number of thiophene rings is 1. The molecular formula is C24H30N4O4S. The first-order valence-corrected chi connectivity index (χ1v) is 12.1. The Morgan fingerprint density at radius 1 is 1.24 bits per heavy atom. The zero-order valence-electron chi connectivity index (χ0n) is 19.1. The van der Waals surface area contributed by atoms with Crippen LogP contribution in [0.3, 0.4) is 0 Å². The molecule has 0 radical (unpaired) electrons. The summed E-state index contributed by atoms with van der Waals surface area (Å²) in [5.74, 6) is 0.682. The molecule has 1 fully saturated rings. The topological polar surface area (TPSA) is 85.7 Å². The number of fused-ring (bicyclic) bond motifs is 1. The first-order chi connectivity index (χ1) is 16.0. The minimum atomic E-state index is -0.112. The Balaban J connectivity index is 1.25. The molecule has 4 rings (SSSR count). The molecule has 176 valence electrons. The maximum Gasteiger partial charge on any atom is 0.262 e. The van der Waals surface area contributed by atoms with Crippen LogP contribution < -0.4 is 15.6 Å². The van der Waals surface area contributed by atoms with Crippen LogP contribution in [-0.4, -0.2) is 59.8 Å². The van der Waals surface area contributed by atoms with E-state index in [1.54, 1.807) is 0 Å². The lowest BCUT2D eigenvalue weighted by Crippen LogP contribution is -2.38. The van der Waals surface area contributed by atoms with Crippen molar-refractivity contribution in [3.63, 3.8) is 0 Å². The fraction of sp³-hybridized carbons (Fsp3) is 0.458. The van der Waals surface area contributed by atoms with Gasteiger partial charge in [-0.2, -0.15) is 0 Å². The highest BCUT2D eigenvalue weighted by atomic mass is 32.1. The predicted molar refractivity (Wildman–Crippen MR) is 129 cm³/mol. The Hall–Kier alpha value is -2.75. The molecule has 1 N–H and O–H groups in total. The van der Waals surface area contributed by atoms with Crippen LogP contribution in [0.4, 0.5) is 0 Å². The van der Waals surface area contributed by atoms with Gasteiger partial charge in [-0.05, 0) is 37.1 Å². The molecule has 1 aliphatic heterocycles. The summed E-state index contributed by atoms with van der Waals surface area (Å²) >= 11 is 1.52. The van der Waals surface area contributed by atoms with E-state index in [4.69, 9.17) is 9.47 Å². The molecule has 0 atom stereocenters. The lowest BCUT2D eigenvalue weighted by Gasteiger charge is -2.26. The fourth-order valence-electron chi connectivity index (χ4n) is 3.80. The molecule has 3 heterocycles. The van der Waals surface area contributed by atoms with E-state index >= 15 is 0 Å². The summed E-state index contributed by atoms with van der Waals surface area (Å²) in [5.41, 5.74) is 1.85. The molecule has 1 aliphatic rings. The van der Waals surface area contributed by atoms with Crippen molar-refractivity contribution in [1.29, 1.82) is 0 Å². The van der Waals surface area contributed by atoms with E-state index in [1.807, 2.05) is 38.1 Å². The highest BCUT2D eigenvalue weighted by molar-refractivity contribution is 7.18. The van der Waals surface area contributed by atoms with Crippen molar-refractivity contribution in [3.8, 4) is 5.75 Å². The van der Waals surface area contributed by atoms with Crippen molar-refractivity contribution in [3.05, 3.63) is 57.0 Å². The first kappa shape index (κ1) is 23.4. The Labute approximate surface area is 197 Å². The second-order valence-corrected chi connectivity index (χ2v) is 9.39. The molecular weight excluding hydrogens is 440 g/mol. The van der Waals surface area contributed by atoms with Crippen molar-refractivity contribution < 1.29 is 14.3 Å². The minimum absolute atomic E-state index is 0.0865. The molecule has 9 heteroatoms. The van der Waals surface area contributed by atoms with Gasteiger partial charge in [-0.3, -0.25) is 19.1 Å². The van der Waals surface area contributed by atoms with Gasteiger partial charge in [0.2, 0.25) is 5.91 Å². The second kappa shape index (κ2) is 10.9. The van der Waals surface area contributed by atoms with E-state index in [0.29, 0.717) is 25.1 Å². The zero-order valence-corrected chi connectivity index (χ0v) is 20.0. The molecule has 0 unspecified atom stereocenters. The van der Waals surface area contributed by atoms with Gasteiger partial charge in [-0.25, -0.2) is 4.98 Å². The van der Waals surface area contributed by atoms with Crippen LogP contribution in [0.2, 0.25) is 0 Å². The number of hydrogen-bond acceptors (Lipinski definition) is 7. The Morgan fingerprint density at radius 3 is 2.88 bits per heavy atom. The summed E-state index contributed by atoms with van der Waals surface area (Å²) in [6.07, 6.45) is 1.75. The van der Waals surface area contributed by atoms with Crippen molar-refractivity contribution in [1.82, 2.24) is 19.8 Å². The quantitative estimate of drug-likeness (QED) is 0.517. The average Bonchev–Trinajstić information content (AvgIpc) is 3.12. The number of ether oxygens (including phenoxy) is 2. The van der Waals surface area contributed by atoms with Gasteiger partial charge in [0.05, 0.1) is 24.9 Å². The lowest BCUT2D eigenvalue weighted by atomic mass is 10.2. The molecule has 0 aliphatic carbocycles. The number of hydrogen-bond donors (Lipinski definition) is 1. The van der Waals surface area contributed by atoms with Crippen molar-refractivity contribution in [2.75, 3.05) is 39.5 Å². The SMILES string of the molecule is Cc1sc2ncn(CCC(=O)NCc3cccc(OCCN4CCOCC4)c3)c(=O)c2c1C. The van der Waals surface area contributed by atoms with E-state index < -0.39 is 0 Å². The van der Waals surface area contributed by atoms with Gasteiger partial charge in [-0.1, -0.05) is 12.1 Å². The molecule has 1 aromatic carbocycles. The van der Waals surface area contributed by atoms with E-state index in [9.17, 15) is 9.59 Å². The molecule has 1 saturated heterocycles. The van der Waals surface area contributed by atoms with Crippen LogP contribution in [0, 0.1) is 13.8 Å². The fourth-order valence-corrected chi connectivity index (χ4v) is 4.79. The molecule has 3 aromatic rings. The molecule has 0 bridgehead atoms. The molecule has 0 spiro atoms. The van der Waals surface area contributed by atoms with Gasteiger partial charge < -0.3 is 14.8 Å². The van der Waals surface area contributed by atoms with Gasteiger partial charge in [0.15, 0.2) is 0 Å². The van der Waals surface area contributed by atoms with E-state index in [2.05, 4.69) is 15.2 Å². The summed E-state index contributed by atoms with van der Waals surface area (Å²) < 4.78 is 12.8. The number of aryl methyl sites for hydroxylation is 3. The molecule has 2 aromatic heterocycles. The summed E-state index contributed by atoms with van der Waals surface area (Å²) in [7, 11) is 0. The maximum atomic E-state index is 12.8. The van der Waals surface area contributed by atoms with Crippen molar-refractivity contribution >= 4 is 27.5 Å². The zero-order chi connectivity index (χ0) is 23.2.